The van der Waals surface area contributed by atoms with E-state index >= 15 is 0 Å². The number of anilines is 2. The summed E-state index contributed by atoms with van der Waals surface area (Å²) in [7, 11) is 0. The molecule has 1 heterocycles. The van der Waals surface area contributed by atoms with Crippen LogP contribution in [0.5, 0.6) is 0 Å². The van der Waals surface area contributed by atoms with Crippen molar-refractivity contribution >= 4 is 40.6 Å². The van der Waals surface area contributed by atoms with Crippen LogP contribution in [-0.2, 0) is 4.79 Å². The summed E-state index contributed by atoms with van der Waals surface area (Å²) >= 11 is 7.76. The first-order valence-electron chi connectivity index (χ1n) is 6.23. The van der Waals surface area contributed by atoms with Crippen molar-refractivity contribution in [1.82, 2.24) is 4.90 Å². The van der Waals surface area contributed by atoms with Crippen molar-refractivity contribution in [3.8, 4) is 0 Å². The minimum Gasteiger partial charge on any atom is -0.397 e. The highest BCUT2D eigenvalue weighted by Gasteiger charge is 2.21. The third kappa shape index (κ3) is 4.03. The fraction of sp³-hybridized carbons (Fsp3) is 0.462. The average molecular weight is 300 g/mol. The van der Waals surface area contributed by atoms with E-state index in [0.29, 0.717) is 29.0 Å². The monoisotopic (exact) mass is 299 g/mol. The van der Waals surface area contributed by atoms with Crippen molar-refractivity contribution in [3.63, 3.8) is 0 Å². The number of nitrogens with two attached hydrogens (primary N) is 1. The molecule has 0 spiro atoms. The van der Waals surface area contributed by atoms with E-state index < -0.39 is 0 Å². The van der Waals surface area contributed by atoms with Crippen LogP contribution >= 0.6 is 23.4 Å². The SMILES string of the molecule is CC1CSCCN1CC(=O)Nc1ccc(Cl)cc1N. The van der Waals surface area contributed by atoms with Crippen LogP contribution in [0.2, 0.25) is 5.02 Å². The number of halogens is 1. The van der Waals surface area contributed by atoms with E-state index in [-0.39, 0.29) is 5.91 Å². The Bertz CT molecular complexity index is 469. The van der Waals surface area contributed by atoms with Gasteiger partial charge in [0, 0.05) is 29.1 Å². The van der Waals surface area contributed by atoms with Crippen molar-refractivity contribution in [2.75, 3.05) is 35.6 Å². The van der Waals surface area contributed by atoms with Crippen LogP contribution in [0.15, 0.2) is 18.2 Å². The van der Waals surface area contributed by atoms with Crippen molar-refractivity contribution in [2.45, 2.75) is 13.0 Å². The molecule has 0 aliphatic carbocycles. The Kier molecular flexibility index (Phi) is 4.96. The molecule has 0 saturated carbocycles. The molecule has 1 atom stereocenters. The maximum Gasteiger partial charge on any atom is 0.238 e. The largest absolute Gasteiger partial charge is 0.397 e. The normalized spacial score (nSPS) is 20.2. The molecule has 1 saturated heterocycles. The van der Waals surface area contributed by atoms with Crippen molar-refractivity contribution < 1.29 is 4.79 Å². The predicted octanol–water partition coefficient (Wildman–Crippen LogP) is 2.30. The van der Waals surface area contributed by atoms with E-state index in [1.54, 1.807) is 18.2 Å². The number of nitrogen functional groups attached to an aromatic ring is 1. The summed E-state index contributed by atoms with van der Waals surface area (Å²) in [5, 5.41) is 3.40. The van der Waals surface area contributed by atoms with E-state index in [0.717, 1.165) is 18.1 Å². The number of carbonyl (C=O) groups is 1. The summed E-state index contributed by atoms with van der Waals surface area (Å²) in [5.74, 6) is 2.13. The number of carbonyl (C=O) groups excluding carboxylic acids is 1. The highest BCUT2D eigenvalue weighted by atomic mass is 35.5. The zero-order chi connectivity index (χ0) is 13.8. The molecule has 0 aromatic heterocycles. The van der Waals surface area contributed by atoms with Crippen molar-refractivity contribution in [2.24, 2.45) is 0 Å². The van der Waals surface area contributed by atoms with Gasteiger partial charge in [0.15, 0.2) is 0 Å². The molecule has 0 radical (unpaired) electrons. The van der Waals surface area contributed by atoms with E-state index in [1.165, 1.54) is 0 Å². The van der Waals surface area contributed by atoms with Gasteiger partial charge in [-0.05, 0) is 25.1 Å². The lowest BCUT2D eigenvalue weighted by atomic mass is 10.2. The van der Waals surface area contributed by atoms with Gasteiger partial charge in [-0.2, -0.15) is 11.8 Å². The third-order valence-corrected chi connectivity index (χ3v) is 4.56. The van der Waals surface area contributed by atoms with Gasteiger partial charge in [0.1, 0.15) is 0 Å². The molecule has 4 nitrogen and oxygen atoms in total. The predicted molar refractivity (Wildman–Crippen MR) is 82.9 cm³/mol. The summed E-state index contributed by atoms with van der Waals surface area (Å²) in [4.78, 5) is 14.2. The Hall–Kier alpha value is -0.910. The quantitative estimate of drug-likeness (QED) is 0.841. The molecule has 0 bridgehead atoms. The van der Waals surface area contributed by atoms with Gasteiger partial charge in [0.25, 0.3) is 0 Å². The van der Waals surface area contributed by atoms with Crippen molar-refractivity contribution in [3.05, 3.63) is 23.2 Å². The van der Waals surface area contributed by atoms with E-state index in [4.69, 9.17) is 17.3 Å². The highest BCUT2D eigenvalue weighted by Crippen LogP contribution is 2.23. The molecule has 19 heavy (non-hydrogen) atoms. The number of thioether (sulfide) groups is 1. The summed E-state index contributed by atoms with van der Waals surface area (Å²) in [5.41, 5.74) is 6.92. The van der Waals surface area contributed by atoms with Gasteiger partial charge >= 0.3 is 0 Å². The fourth-order valence-electron chi connectivity index (χ4n) is 2.02. The number of benzene rings is 1. The number of nitrogens with one attached hydrogen (secondary N) is 1. The molecule has 104 valence electrons. The maximum atomic E-state index is 12.0. The molecule has 1 fully saturated rings. The smallest absolute Gasteiger partial charge is 0.238 e. The van der Waals surface area contributed by atoms with Gasteiger partial charge in [-0.1, -0.05) is 11.6 Å². The fourth-order valence-corrected chi connectivity index (χ4v) is 3.28. The summed E-state index contributed by atoms with van der Waals surface area (Å²) in [6.45, 7) is 3.51. The Morgan fingerprint density at radius 1 is 1.63 bits per heavy atom. The van der Waals surface area contributed by atoms with Crippen molar-refractivity contribution in [1.29, 1.82) is 0 Å². The Morgan fingerprint density at radius 2 is 2.42 bits per heavy atom. The maximum absolute atomic E-state index is 12.0. The second-order valence-electron chi connectivity index (χ2n) is 4.67. The molecular formula is C13H18ClN3OS. The lowest BCUT2D eigenvalue weighted by Gasteiger charge is -2.32. The van der Waals surface area contributed by atoms with Gasteiger partial charge in [-0.15, -0.1) is 0 Å². The van der Waals surface area contributed by atoms with E-state index in [9.17, 15) is 4.79 Å². The van der Waals surface area contributed by atoms with Gasteiger partial charge in [-0.25, -0.2) is 0 Å². The molecule has 1 unspecified atom stereocenters. The highest BCUT2D eigenvalue weighted by molar-refractivity contribution is 7.99. The number of rotatable bonds is 3. The van der Waals surface area contributed by atoms with Crippen LogP contribution in [-0.4, -0.2) is 41.4 Å². The minimum absolute atomic E-state index is 0.0345. The lowest BCUT2D eigenvalue weighted by Crippen LogP contribution is -2.44. The first kappa shape index (κ1) is 14.5. The number of hydrogen-bond acceptors (Lipinski definition) is 4. The van der Waals surface area contributed by atoms with E-state index in [2.05, 4.69) is 17.1 Å². The zero-order valence-corrected chi connectivity index (χ0v) is 12.4. The van der Waals surface area contributed by atoms with Gasteiger partial charge in [0.05, 0.1) is 17.9 Å². The Labute approximate surface area is 122 Å². The van der Waals surface area contributed by atoms with Crippen LogP contribution in [0.25, 0.3) is 0 Å². The molecule has 1 amide bonds. The molecule has 1 aliphatic rings. The molecule has 2 rings (SSSR count). The Balaban J connectivity index is 1.93. The molecule has 1 aromatic rings. The second kappa shape index (κ2) is 6.50. The molecule has 3 N–H and O–H groups in total. The second-order valence-corrected chi connectivity index (χ2v) is 6.26. The number of hydrogen-bond donors (Lipinski definition) is 2. The minimum atomic E-state index is -0.0345. The molecular weight excluding hydrogens is 282 g/mol. The lowest BCUT2D eigenvalue weighted by molar-refractivity contribution is -0.117. The number of nitrogens with zero attached hydrogens (tertiary/aromatic N) is 1. The first-order chi connectivity index (χ1) is 9.06. The average Bonchev–Trinajstić information content (AvgIpc) is 2.36. The van der Waals surface area contributed by atoms with E-state index in [1.807, 2.05) is 11.8 Å². The molecule has 1 aromatic carbocycles. The molecule has 1 aliphatic heterocycles. The standard InChI is InChI=1S/C13H18ClN3OS/c1-9-8-19-5-4-17(9)7-13(18)16-12-3-2-10(14)6-11(12)15/h2-3,6,9H,4-5,7-8,15H2,1H3,(H,16,18). The zero-order valence-electron chi connectivity index (χ0n) is 10.9. The molecule has 6 heteroatoms. The summed E-state index contributed by atoms with van der Waals surface area (Å²) in [6, 6.07) is 5.52. The summed E-state index contributed by atoms with van der Waals surface area (Å²) < 4.78 is 0. The first-order valence-corrected chi connectivity index (χ1v) is 7.76. The van der Waals surface area contributed by atoms with Crippen LogP contribution < -0.4 is 11.1 Å². The summed E-state index contributed by atoms with van der Waals surface area (Å²) in [6.07, 6.45) is 0. The Morgan fingerprint density at radius 3 is 3.11 bits per heavy atom. The van der Waals surface area contributed by atoms with Crippen LogP contribution in [0.4, 0.5) is 11.4 Å². The van der Waals surface area contributed by atoms with Gasteiger partial charge < -0.3 is 11.1 Å². The van der Waals surface area contributed by atoms with Crippen LogP contribution in [0.3, 0.4) is 0 Å². The third-order valence-electron chi connectivity index (χ3n) is 3.14. The number of amides is 1. The van der Waals surface area contributed by atoms with Crippen LogP contribution in [0, 0.1) is 0 Å². The van der Waals surface area contributed by atoms with Crippen LogP contribution in [0.1, 0.15) is 6.92 Å². The van der Waals surface area contributed by atoms with Gasteiger partial charge in [0.2, 0.25) is 5.91 Å². The van der Waals surface area contributed by atoms with Gasteiger partial charge in [-0.3, -0.25) is 9.69 Å². The topological polar surface area (TPSA) is 58.4 Å².